The van der Waals surface area contributed by atoms with E-state index >= 15 is 0 Å². The first-order chi connectivity index (χ1) is 13.4. The van der Waals surface area contributed by atoms with Crippen LogP contribution in [0.4, 0.5) is 0 Å². The molecular weight excluding hydrogens is 356 g/mol. The highest BCUT2D eigenvalue weighted by atomic mass is 16.5. The zero-order valence-electron chi connectivity index (χ0n) is 16.8. The number of nitrogens with zero attached hydrogens (tertiary/aromatic N) is 3. The molecular formula is C21H26N4O3. The second-order valence-electron chi connectivity index (χ2n) is 6.88. The van der Waals surface area contributed by atoms with Crippen molar-refractivity contribution in [3.05, 3.63) is 64.3 Å². The molecule has 0 unspecified atom stereocenters. The number of hydrogen-bond acceptors (Lipinski definition) is 5. The molecule has 0 aliphatic heterocycles. The Morgan fingerprint density at radius 3 is 2.54 bits per heavy atom. The van der Waals surface area contributed by atoms with Gasteiger partial charge in [0.05, 0.1) is 17.0 Å². The van der Waals surface area contributed by atoms with Gasteiger partial charge in [0.15, 0.2) is 0 Å². The monoisotopic (exact) mass is 382 g/mol. The van der Waals surface area contributed by atoms with Crippen LogP contribution in [0.25, 0.3) is 0 Å². The molecule has 3 rings (SSSR count). The Balaban J connectivity index is 1.45. The summed E-state index contributed by atoms with van der Waals surface area (Å²) in [7, 11) is 0. The van der Waals surface area contributed by atoms with E-state index in [4.69, 9.17) is 9.26 Å². The lowest BCUT2D eigenvalue weighted by Gasteiger charge is -2.08. The maximum Gasteiger partial charge on any atom is 0.251 e. The maximum atomic E-state index is 12.3. The number of aryl methyl sites for hydroxylation is 5. The predicted octanol–water partition coefficient (Wildman–Crippen LogP) is 3.50. The smallest absolute Gasteiger partial charge is 0.251 e. The predicted molar refractivity (Wildman–Crippen MR) is 105 cm³/mol. The second kappa shape index (κ2) is 8.73. The Labute approximate surface area is 164 Å². The van der Waals surface area contributed by atoms with Gasteiger partial charge in [-0.2, -0.15) is 5.10 Å². The van der Waals surface area contributed by atoms with Crippen LogP contribution in [0, 0.1) is 27.7 Å². The molecule has 0 aliphatic rings. The minimum atomic E-state index is -0.0920. The number of ether oxygens (including phenoxy) is 1. The highest BCUT2D eigenvalue weighted by Gasteiger charge is 2.10. The van der Waals surface area contributed by atoms with Crippen LogP contribution in [-0.2, 0) is 13.2 Å². The molecule has 0 bridgehead atoms. The van der Waals surface area contributed by atoms with Crippen molar-refractivity contribution < 1.29 is 14.1 Å². The van der Waals surface area contributed by atoms with Crippen molar-refractivity contribution in [2.75, 3.05) is 6.54 Å². The summed E-state index contributed by atoms with van der Waals surface area (Å²) in [5.41, 5.74) is 4.53. The van der Waals surface area contributed by atoms with E-state index in [1.54, 1.807) is 24.3 Å². The Bertz CT molecular complexity index is 922. The topological polar surface area (TPSA) is 82.2 Å². The van der Waals surface area contributed by atoms with Crippen molar-refractivity contribution in [1.29, 1.82) is 0 Å². The number of rotatable bonds is 8. The molecule has 0 aliphatic carbocycles. The molecule has 7 nitrogen and oxygen atoms in total. The molecule has 28 heavy (non-hydrogen) atoms. The number of carbonyl (C=O) groups excluding carboxylic acids is 1. The summed E-state index contributed by atoms with van der Waals surface area (Å²) in [6.45, 7) is 9.54. The molecule has 0 saturated heterocycles. The first-order valence-electron chi connectivity index (χ1n) is 9.38. The fourth-order valence-corrected chi connectivity index (χ4v) is 3.00. The van der Waals surface area contributed by atoms with Crippen molar-refractivity contribution in [2.24, 2.45) is 0 Å². The van der Waals surface area contributed by atoms with E-state index in [-0.39, 0.29) is 5.91 Å². The summed E-state index contributed by atoms with van der Waals surface area (Å²) in [6, 6.07) is 9.16. The van der Waals surface area contributed by atoms with E-state index in [0.29, 0.717) is 24.5 Å². The summed E-state index contributed by atoms with van der Waals surface area (Å²) in [5.74, 6) is 1.36. The first-order valence-corrected chi connectivity index (χ1v) is 9.38. The number of carbonyl (C=O) groups is 1. The Morgan fingerprint density at radius 1 is 1.18 bits per heavy atom. The van der Waals surface area contributed by atoms with Crippen LogP contribution in [0.15, 0.2) is 34.9 Å². The lowest BCUT2D eigenvalue weighted by Crippen LogP contribution is -2.25. The van der Waals surface area contributed by atoms with Crippen molar-refractivity contribution in [1.82, 2.24) is 20.3 Å². The third kappa shape index (κ3) is 4.79. The fraction of sp³-hybridized carbons (Fsp3) is 0.381. The summed E-state index contributed by atoms with van der Waals surface area (Å²) in [5, 5.41) is 11.3. The zero-order chi connectivity index (χ0) is 20.1. The van der Waals surface area contributed by atoms with Crippen LogP contribution in [-0.4, -0.2) is 27.4 Å². The summed E-state index contributed by atoms with van der Waals surface area (Å²) >= 11 is 0. The van der Waals surface area contributed by atoms with E-state index in [2.05, 4.69) is 15.6 Å². The van der Waals surface area contributed by atoms with Crippen LogP contribution in [0.3, 0.4) is 0 Å². The van der Waals surface area contributed by atoms with E-state index < -0.39 is 0 Å². The number of aromatic nitrogens is 3. The molecule has 0 spiro atoms. The van der Waals surface area contributed by atoms with E-state index in [1.807, 2.05) is 38.4 Å². The minimum absolute atomic E-state index is 0.0920. The Hall–Kier alpha value is -3.09. The van der Waals surface area contributed by atoms with Crippen LogP contribution < -0.4 is 10.1 Å². The largest absolute Gasteiger partial charge is 0.489 e. The van der Waals surface area contributed by atoms with E-state index in [0.717, 1.165) is 41.4 Å². The molecule has 148 valence electrons. The third-order valence-corrected chi connectivity index (χ3v) is 4.62. The average Bonchev–Trinajstić information content (AvgIpc) is 3.17. The number of hydrogen-bond donors (Lipinski definition) is 1. The minimum Gasteiger partial charge on any atom is -0.489 e. The van der Waals surface area contributed by atoms with Crippen LogP contribution >= 0.6 is 0 Å². The van der Waals surface area contributed by atoms with E-state index in [9.17, 15) is 4.79 Å². The van der Waals surface area contributed by atoms with Gasteiger partial charge in [0.25, 0.3) is 5.91 Å². The number of amides is 1. The zero-order valence-corrected chi connectivity index (χ0v) is 16.8. The molecule has 0 radical (unpaired) electrons. The summed E-state index contributed by atoms with van der Waals surface area (Å²) < 4.78 is 12.9. The van der Waals surface area contributed by atoms with Crippen molar-refractivity contribution in [2.45, 2.75) is 47.3 Å². The molecule has 7 heteroatoms. The molecule has 3 aromatic rings. The lowest BCUT2D eigenvalue weighted by molar-refractivity contribution is 0.0952. The van der Waals surface area contributed by atoms with Gasteiger partial charge in [-0.15, -0.1) is 0 Å². The van der Waals surface area contributed by atoms with Gasteiger partial charge in [0.1, 0.15) is 18.1 Å². The third-order valence-electron chi connectivity index (χ3n) is 4.62. The number of nitrogens with one attached hydrogen (secondary N) is 1. The summed E-state index contributed by atoms with van der Waals surface area (Å²) in [6.07, 6.45) is 0.826. The quantitative estimate of drug-likeness (QED) is 0.603. The lowest BCUT2D eigenvalue weighted by atomic mass is 10.2. The van der Waals surface area contributed by atoms with Crippen molar-refractivity contribution >= 4 is 5.91 Å². The van der Waals surface area contributed by atoms with Crippen LogP contribution in [0.2, 0.25) is 0 Å². The molecule has 1 N–H and O–H groups in total. The highest BCUT2D eigenvalue weighted by Crippen LogP contribution is 2.18. The number of benzene rings is 1. The maximum absolute atomic E-state index is 12.3. The molecule has 1 aromatic carbocycles. The van der Waals surface area contributed by atoms with Gasteiger partial charge in [0, 0.05) is 24.3 Å². The van der Waals surface area contributed by atoms with Crippen LogP contribution in [0.1, 0.15) is 45.2 Å². The summed E-state index contributed by atoms with van der Waals surface area (Å²) in [4.78, 5) is 12.3. The Kier molecular flexibility index (Phi) is 6.13. The molecule has 0 fully saturated rings. The SMILES string of the molecule is Cc1cc(C)n(CCCNC(=O)c2ccc(OCc3c(C)noc3C)cc2)n1. The van der Waals surface area contributed by atoms with Gasteiger partial charge < -0.3 is 14.6 Å². The normalized spacial score (nSPS) is 10.9. The van der Waals surface area contributed by atoms with Crippen molar-refractivity contribution in [3.8, 4) is 5.75 Å². The molecule has 0 atom stereocenters. The molecule has 2 aromatic heterocycles. The molecule has 2 heterocycles. The Morgan fingerprint density at radius 2 is 1.93 bits per heavy atom. The molecule has 0 saturated carbocycles. The molecule has 1 amide bonds. The average molecular weight is 382 g/mol. The van der Waals surface area contributed by atoms with Gasteiger partial charge in [-0.1, -0.05) is 5.16 Å². The first kappa shape index (κ1) is 19.7. The van der Waals surface area contributed by atoms with Gasteiger partial charge in [-0.25, -0.2) is 0 Å². The van der Waals surface area contributed by atoms with Gasteiger partial charge >= 0.3 is 0 Å². The van der Waals surface area contributed by atoms with E-state index in [1.165, 1.54) is 0 Å². The highest BCUT2D eigenvalue weighted by molar-refractivity contribution is 5.94. The van der Waals surface area contributed by atoms with Gasteiger partial charge in [-0.05, 0) is 64.4 Å². The standard InChI is InChI=1S/C21H26N4O3/c1-14-12-15(2)25(23-14)11-5-10-22-21(26)18-6-8-19(9-7-18)27-13-20-16(3)24-28-17(20)4/h6-9,12H,5,10-11,13H2,1-4H3,(H,22,26). The second-order valence-corrected chi connectivity index (χ2v) is 6.88. The van der Waals surface area contributed by atoms with Crippen molar-refractivity contribution in [3.63, 3.8) is 0 Å². The van der Waals surface area contributed by atoms with Gasteiger partial charge in [0.2, 0.25) is 0 Å². The van der Waals surface area contributed by atoms with Gasteiger partial charge in [-0.3, -0.25) is 9.48 Å². The fourth-order valence-electron chi connectivity index (χ4n) is 3.00. The van der Waals surface area contributed by atoms with Crippen LogP contribution in [0.5, 0.6) is 5.75 Å².